The molecule has 10 heavy (non-hydrogen) atoms. The molecule has 0 aliphatic carbocycles. The maximum absolute atomic E-state index is 9.19. The normalized spacial score (nSPS) is 13.6. The zero-order valence-corrected chi connectivity index (χ0v) is 7.20. The lowest BCUT2D eigenvalue weighted by molar-refractivity contribution is 0.202. The molecular formula is C7H11NOS. The van der Waals surface area contributed by atoms with E-state index in [-0.39, 0.29) is 6.10 Å². The van der Waals surface area contributed by atoms with Crippen LogP contribution < -0.4 is 0 Å². The van der Waals surface area contributed by atoms with Crippen molar-refractivity contribution in [1.29, 1.82) is 0 Å². The van der Waals surface area contributed by atoms with E-state index >= 15 is 0 Å². The van der Waals surface area contributed by atoms with Crippen LogP contribution in [-0.2, 0) is 0 Å². The van der Waals surface area contributed by atoms with Crippen molar-refractivity contribution in [1.82, 2.24) is 4.98 Å². The van der Waals surface area contributed by atoms with Gasteiger partial charge in [0.2, 0.25) is 0 Å². The van der Waals surface area contributed by atoms with Gasteiger partial charge in [0.05, 0.1) is 21.7 Å². The summed E-state index contributed by atoms with van der Waals surface area (Å²) in [6.45, 7) is 5.63. The molecule has 0 bridgehead atoms. The molecule has 0 fully saturated rings. The van der Waals surface area contributed by atoms with Gasteiger partial charge in [-0.05, 0) is 20.8 Å². The summed E-state index contributed by atoms with van der Waals surface area (Å²) in [6.07, 6.45) is -0.369. The lowest BCUT2D eigenvalue weighted by atomic mass is 10.3. The second-order valence-electron chi connectivity index (χ2n) is 2.36. The first-order chi connectivity index (χ1) is 4.61. The van der Waals surface area contributed by atoms with Gasteiger partial charge in [-0.1, -0.05) is 0 Å². The molecule has 0 saturated heterocycles. The number of hydrogen-bond donors (Lipinski definition) is 1. The largest absolute Gasteiger partial charge is 0.388 e. The molecular weight excluding hydrogens is 146 g/mol. The quantitative estimate of drug-likeness (QED) is 0.674. The van der Waals surface area contributed by atoms with Crippen LogP contribution in [-0.4, -0.2) is 10.1 Å². The third kappa shape index (κ3) is 1.36. The van der Waals surface area contributed by atoms with Gasteiger partial charge in [0, 0.05) is 0 Å². The van der Waals surface area contributed by atoms with Crippen molar-refractivity contribution in [2.45, 2.75) is 26.9 Å². The van der Waals surface area contributed by atoms with Gasteiger partial charge in [-0.3, -0.25) is 0 Å². The standard InChI is InChI=1S/C7H11NOS/c1-4-7(5(2)9)10-6(3)8-4/h5,9H,1-3H3. The Bertz CT molecular complexity index is 230. The van der Waals surface area contributed by atoms with E-state index in [2.05, 4.69) is 4.98 Å². The Hall–Kier alpha value is -0.410. The highest BCUT2D eigenvalue weighted by Crippen LogP contribution is 2.23. The predicted octanol–water partition coefficient (Wildman–Crippen LogP) is 1.81. The van der Waals surface area contributed by atoms with Gasteiger partial charge in [0.1, 0.15) is 0 Å². The Morgan fingerprint density at radius 3 is 2.30 bits per heavy atom. The van der Waals surface area contributed by atoms with E-state index in [1.165, 1.54) is 0 Å². The van der Waals surface area contributed by atoms with E-state index in [1.54, 1.807) is 18.3 Å². The van der Waals surface area contributed by atoms with Crippen LogP contribution in [0.4, 0.5) is 0 Å². The molecule has 0 aliphatic heterocycles. The van der Waals surface area contributed by atoms with Crippen molar-refractivity contribution in [2.24, 2.45) is 0 Å². The van der Waals surface area contributed by atoms with Crippen molar-refractivity contribution < 1.29 is 5.11 Å². The predicted molar refractivity (Wildman–Crippen MR) is 42.2 cm³/mol. The molecule has 1 N–H and O–H groups in total. The number of rotatable bonds is 1. The third-order valence-electron chi connectivity index (χ3n) is 1.32. The van der Waals surface area contributed by atoms with Crippen molar-refractivity contribution >= 4 is 11.3 Å². The summed E-state index contributed by atoms with van der Waals surface area (Å²) in [5, 5.41) is 10.2. The summed E-state index contributed by atoms with van der Waals surface area (Å²) in [5.74, 6) is 0. The molecule has 0 radical (unpaired) electrons. The lowest BCUT2D eigenvalue weighted by Gasteiger charge is -1.98. The van der Waals surface area contributed by atoms with E-state index in [9.17, 15) is 5.11 Å². The fourth-order valence-corrected chi connectivity index (χ4v) is 1.80. The smallest absolute Gasteiger partial charge is 0.0901 e. The topological polar surface area (TPSA) is 33.1 Å². The third-order valence-corrected chi connectivity index (χ3v) is 2.56. The summed E-state index contributed by atoms with van der Waals surface area (Å²) in [6, 6.07) is 0. The number of aliphatic hydroxyl groups excluding tert-OH is 1. The Labute approximate surface area is 64.5 Å². The van der Waals surface area contributed by atoms with Gasteiger partial charge in [-0.25, -0.2) is 4.98 Å². The molecule has 1 aromatic rings. The lowest BCUT2D eigenvalue weighted by Crippen LogP contribution is -1.88. The average molecular weight is 157 g/mol. The molecule has 1 unspecified atom stereocenters. The minimum absolute atomic E-state index is 0.369. The van der Waals surface area contributed by atoms with Crippen LogP contribution in [0, 0.1) is 13.8 Å². The SMILES string of the molecule is Cc1nc(C)c(C(C)O)s1. The van der Waals surface area contributed by atoms with Gasteiger partial charge in [0.15, 0.2) is 0 Å². The van der Waals surface area contributed by atoms with Gasteiger partial charge < -0.3 is 5.11 Å². The number of thiazole rings is 1. The van der Waals surface area contributed by atoms with Crippen LogP contribution in [0.1, 0.15) is 28.6 Å². The molecule has 56 valence electrons. The molecule has 0 saturated carbocycles. The number of aryl methyl sites for hydroxylation is 2. The summed E-state index contributed by atoms with van der Waals surface area (Å²) in [7, 11) is 0. The molecule has 0 spiro atoms. The molecule has 2 nitrogen and oxygen atoms in total. The van der Waals surface area contributed by atoms with Crippen molar-refractivity contribution in [3.8, 4) is 0 Å². The van der Waals surface area contributed by atoms with Crippen LogP contribution in [0.5, 0.6) is 0 Å². The number of aliphatic hydroxyl groups is 1. The highest BCUT2D eigenvalue weighted by Gasteiger charge is 2.08. The summed E-state index contributed by atoms with van der Waals surface area (Å²) >= 11 is 1.56. The molecule has 0 amide bonds. The second-order valence-corrected chi connectivity index (χ2v) is 3.59. The van der Waals surface area contributed by atoms with E-state index in [0.29, 0.717) is 0 Å². The second kappa shape index (κ2) is 2.68. The van der Waals surface area contributed by atoms with Crippen molar-refractivity contribution in [2.75, 3.05) is 0 Å². The van der Waals surface area contributed by atoms with Gasteiger partial charge in [-0.2, -0.15) is 0 Å². The number of nitrogens with zero attached hydrogens (tertiary/aromatic N) is 1. The van der Waals surface area contributed by atoms with E-state index in [4.69, 9.17) is 0 Å². The molecule has 1 heterocycles. The van der Waals surface area contributed by atoms with Crippen LogP contribution in [0.15, 0.2) is 0 Å². The van der Waals surface area contributed by atoms with Gasteiger partial charge >= 0.3 is 0 Å². The highest BCUT2D eigenvalue weighted by molar-refractivity contribution is 7.11. The minimum Gasteiger partial charge on any atom is -0.388 e. The first-order valence-corrected chi connectivity index (χ1v) is 4.05. The molecule has 1 aromatic heterocycles. The van der Waals surface area contributed by atoms with E-state index in [0.717, 1.165) is 15.6 Å². The number of aromatic nitrogens is 1. The first-order valence-electron chi connectivity index (χ1n) is 3.23. The van der Waals surface area contributed by atoms with Gasteiger partial charge in [0.25, 0.3) is 0 Å². The number of hydrogen-bond acceptors (Lipinski definition) is 3. The Balaban J connectivity index is 3.03. The zero-order chi connectivity index (χ0) is 7.72. The average Bonchev–Trinajstić information content (AvgIpc) is 2.10. The molecule has 0 aromatic carbocycles. The van der Waals surface area contributed by atoms with Crippen LogP contribution in [0.25, 0.3) is 0 Å². The van der Waals surface area contributed by atoms with E-state index < -0.39 is 0 Å². The summed E-state index contributed by atoms with van der Waals surface area (Å²) < 4.78 is 0. The fraction of sp³-hybridized carbons (Fsp3) is 0.571. The molecule has 1 rings (SSSR count). The summed E-state index contributed by atoms with van der Waals surface area (Å²) in [5.41, 5.74) is 0.956. The van der Waals surface area contributed by atoms with Crippen molar-refractivity contribution in [3.63, 3.8) is 0 Å². The van der Waals surface area contributed by atoms with Crippen LogP contribution >= 0.6 is 11.3 Å². The molecule has 0 aliphatic rings. The first kappa shape index (κ1) is 7.69. The maximum atomic E-state index is 9.19. The van der Waals surface area contributed by atoms with Crippen LogP contribution in [0.2, 0.25) is 0 Å². The van der Waals surface area contributed by atoms with Crippen molar-refractivity contribution in [3.05, 3.63) is 15.6 Å². The maximum Gasteiger partial charge on any atom is 0.0901 e. The van der Waals surface area contributed by atoms with E-state index in [1.807, 2.05) is 13.8 Å². The van der Waals surface area contributed by atoms with Gasteiger partial charge in [-0.15, -0.1) is 11.3 Å². The highest BCUT2D eigenvalue weighted by atomic mass is 32.1. The minimum atomic E-state index is -0.369. The molecule has 1 atom stereocenters. The van der Waals surface area contributed by atoms with Crippen LogP contribution in [0.3, 0.4) is 0 Å². The molecule has 3 heteroatoms. The monoisotopic (exact) mass is 157 g/mol. The Kier molecular flexibility index (Phi) is 2.06. The Morgan fingerprint density at radius 1 is 1.50 bits per heavy atom. The summed E-state index contributed by atoms with van der Waals surface area (Å²) in [4.78, 5) is 5.17. The Morgan fingerprint density at radius 2 is 2.10 bits per heavy atom. The zero-order valence-electron chi connectivity index (χ0n) is 6.38. The fourth-order valence-electron chi connectivity index (χ4n) is 0.935.